The van der Waals surface area contributed by atoms with E-state index in [1.807, 2.05) is 6.92 Å². The first-order valence-corrected chi connectivity index (χ1v) is 10.3. The summed E-state index contributed by atoms with van der Waals surface area (Å²) in [5, 5.41) is 5.09. The normalized spacial score (nSPS) is 11.2. The first kappa shape index (κ1) is 23.5. The van der Waals surface area contributed by atoms with Crippen molar-refractivity contribution in [3.05, 3.63) is 95.8 Å². The quantitative estimate of drug-likeness (QED) is 0.483. The highest BCUT2D eigenvalue weighted by Crippen LogP contribution is 2.26. The number of carbonyl (C=O) groups is 3. The Morgan fingerprint density at radius 3 is 2.39 bits per heavy atom. The minimum atomic E-state index is -1.26. The molecule has 0 bridgehead atoms. The van der Waals surface area contributed by atoms with Gasteiger partial charge < -0.3 is 20.1 Å². The maximum Gasteiger partial charge on any atom is 0.326 e. The Bertz CT molecular complexity index is 1120. The molecule has 7 nitrogen and oxygen atoms in total. The molecule has 0 fully saturated rings. The number of carbonyl (C=O) groups excluding carboxylic acids is 3. The number of benzene rings is 3. The van der Waals surface area contributed by atoms with E-state index in [-0.39, 0.29) is 5.56 Å². The molecule has 2 N–H and O–H groups in total. The van der Waals surface area contributed by atoms with E-state index >= 15 is 0 Å². The van der Waals surface area contributed by atoms with E-state index in [1.54, 1.807) is 54.6 Å². The molecule has 0 spiro atoms. The third-order valence-corrected chi connectivity index (χ3v) is 4.51. The average Bonchev–Trinajstić information content (AvgIpc) is 2.83. The highest BCUT2D eigenvalue weighted by atomic mass is 19.1. The molecule has 0 aromatic heterocycles. The molecule has 8 heteroatoms. The van der Waals surface area contributed by atoms with Crippen molar-refractivity contribution >= 4 is 23.5 Å². The van der Waals surface area contributed by atoms with Crippen LogP contribution in [0.15, 0.2) is 78.9 Å². The van der Waals surface area contributed by atoms with E-state index in [4.69, 9.17) is 9.47 Å². The number of hydrogen-bond donors (Lipinski definition) is 2. The van der Waals surface area contributed by atoms with E-state index in [0.29, 0.717) is 23.6 Å². The second-order valence-electron chi connectivity index (χ2n) is 6.89. The number of esters is 1. The number of anilines is 1. The predicted molar refractivity (Wildman–Crippen MR) is 120 cm³/mol. The fraction of sp³-hybridized carbons (Fsp3) is 0.160. The second kappa shape index (κ2) is 11.4. The van der Waals surface area contributed by atoms with Gasteiger partial charge >= 0.3 is 5.97 Å². The van der Waals surface area contributed by atoms with Crippen LogP contribution in [0.25, 0.3) is 0 Å². The molecule has 3 aromatic carbocycles. The van der Waals surface area contributed by atoms with Gasteiger partial charge in [0.15, 0.2) is 0 Å². The Kier molecular flexibility index (Phi) is 8.13. The standard InChI is InChI=1S/C25H23FN2O5/c1-2-32-21-14-7-6-13-20(21)28-25(31)23(17-9-4-3-5-10-17)33-22(29)16-27-24(30)18-11-8-12-19(26)15-18/h3-15,23H,2,16H2,1H3,(H,27,30)(H,28,31). The Balaban J connectivity index is 1.70. The molecule has 33 heavy (non-hydrogen) atoms. The predicted octanol–water partition coefficient (Wildman–Crippen LogP) is 3.88. The SMILES string of the molecule is CCOc1ccccc1NC(=O)C(OC(=O)CNC(=O)c1cccc(F)c1)c1ccccc1. The lowest BCUT2D eigenvalue weighted by Crippen LogP contribution is -2.33. The van der Waals surface area contributed by atoms with Crippen LogP contribution in [0.1, 0.15) is 28.9 Å². The van der Waals surface area contributed by atoms with Crippen LogP contribution < -0.4 is 15.4 Å². The zero-order valence-electron chi connectivity index (χ0n) is 17.9. The van der Waals surface area contributed by atoms with Crippen molar-refractivity contribution in [3.8, 4) is 5.75 Å². The van der Waals surface area contributed by atoms with Crippen LogP contribution in [0.4, 0.5) is 10.1 Å². The van der Waals surface area contributed by atoms with Crippen LogP contribution in [0.2, 0.25) is 0 Å². The number of ether oxygens (including phenoxy) is 2. The van der Waals surface area contributed by atoms with E-state index in [9.17, 15) is 18.8 Å². The average molecular weight is 450 g/mol. The second-order valence-corrected chi connectivity index (χ2v) is 6.89. The fourth-order valence-corrected chi connectivity index (χ4v) is 3.01. The lowest BCUT2D eigenvalue weighted by molar-refractivity contribution is -0.153. The summed E-state index contributed by atoms with van der Waals surface area (Å²) in [5.41, 5.74) is 0.946. The minimum absolute atomic E-state index is 0.0627. The molecule has 2 amide bonds. The summed E-state index contributed by atoms with van der Waals surface area (Å²) in [7, 11) is 0. The molecule has 1 atom stereocenters. The molecule has 170 valence electrons. The Morgan fingerprint density at radius 1 is 0.939 bits per heavy atom. The van der Waals surface area contributed by atoms with E-state index in [2.05, 4.69) is 10.6 Å². The number of halogens is 1. The fourth-order valence-electron chi connectivity index (χ4n) is 3.01. The molecular weight excluding hydrogens is 427 g/mol. The topological polar surface area (TPSA) is 93.7 Å². The van der Waals surface area contributed by atoms with Gasteiger partial charge in [-0.3, -0.25) is 14.4 Å². The van der Waals surface area contributed by atoms with Gasteiger partial charge in [0, 0.05) is 11.1 Å². The Morgan fingerprint density at radius 2 is 1.67 bits per heavy atom. The van der Waals surface area contributed by atoms with E-state index in [0.717, 1.165) is 6.07 Å². The lowest BCUT2D eigenvalue weighted by Gasteiger charge is -2.19. The van der Waals surface area contributed by atoms with Gasteiger partial charge in [-0.1, -0.05) is 48.5 Å². The van der Waals surface area contributed by atoms with Crippen LogP contribution in [0.3, 0.4) is 0 Å². The molecule has 0 saturated heterocycles. The van der Waals surface area contributed by atoms with Crippen LogP contribution in [-0.4, -0.2) is 30.9 Å². The summed E-state index contributed by atoms with van der Waals surface area (Å²) in [6.45, 7) is 1.74. The van der Waals surface area contributed by atoms with E-state index in [1.165, 1.54) is 18.2 Å². The van der Waals surface area contributed by atoms with Gasteiger partial charge in [0.1, 0.15) is 18.1 Å². The zero-order chi connectivity index (χ0) is 23.6. The van der Waals surface area contributed by atoms with Crippen molar-refractivity contribution in [2.45, 2.75) is 13.0 Å². The van der Waals surface area contributed by atoms with Crippen molar-refractivity contribution in [2.75, 3.05) is 18.5 Å². The van der Waals surface area contributed by atoms with Crippen LogP contribution in [0, 0.1) is 5.82 Å². The lowest BCUT2D eigenvalue weighted by atomic mass is 10.1. The maximum atomic E-state index is 13.3. The van der Waals surface area contributed by atoms with Crippen molar-refractivity contribution in [1.82, 2.24) is 5.32 Å². The number of hydrogen-bond acceptors (Lipinski definition) is 5. The van der Waals surface area contributed by atoms with Crippen LogP contribution in [-0.2, 0) is 14.3 Å². The van der Waals surface area contributed by atoms with Gasteiger partial charge in [0.2, 0.25) is 6.10 Å². The summed E-state index contributed by atoms with van der Waals surface area (Å²) in [6, 6.07) is 20.5. The molecule has 0 aliphatic rings. The Labute approximate surface area is 190 Å². The highest BCUT2D eigenvalue weighted by molar-refractivity contribution is 5.98. The first-order chi connectivity index (χ1) is 16.0. The largest absolute Gasteiger partial charge is 0.492 e. The summed E-state index contributed by atoms with van der Waals surface area (Å²) >= 11 is 0. The molecule has 3 aromatic rings. The summed E-state index contributed by atoms with van der Waals surface area (Å²) in [4.78, 5) is 37.6. The number of rotatable bonds is 9. The summed E-state index contributed by atoms with van der Waals surface area (Å²) in [6.07, 6.45) is -1.26. The smallest absolute Gasteiger partial charge is 0.326 e. The van der Waals surface area contributed by atoms with Crippen molar-refractivity contribution in [2.24, 2.45) is 0 Å². The molecule has 0 saturated carbocycles. The summed E-state index contributed by atoms with van der Waals surface area (Å²) < 4.78 is 24.2. The summed E-state index contributed by atoms with van der Waals surface area (Å²) in [5.74, 6) is -2.15. The molecule has 0 radical (unpaired) electrons. The maximum absolute atomic E-state index is 13.3. The number of para-hydroxylation sites is 2. The molecule has 0 heterocycles. The van der Waals surface area contributed by atoms with Crippen LogP contribution in [0.5, 0.6) is 5.75 Å². The molecule has 3 rings (SSSR count). The number of amides is 2. The first-order valence-electron chi connectivity index (χ1n) is 10.3. The van der Waals surface area contributed by atoms with Gasteiger partial charge in [0.25, 0.3) is 11.8 Å². The van der Waals surface area contributed by atoms with Gasteiger partial charge in [-0.25, -0.2) is 4.39 Å². The van der Waals surface area contributed by atoms with Crippen molar-refractivity contribution < 1.29 is 28.2 Å². The zero-order valence-corrected chi connectivity index (χ0v) is 17.9. The molecular formula is C25H23FN2O5. The molecule has 0 aliphatic heterocycles. The number of nitrogens with one attached hydrogen (secondary N) is 2. The van der Waals surface area contributed by atoms with Crippen molar-refractivity contribution in [1.29, 1.82) is 0 Å². The van der Waals surface area contributed by atoms with Gasteiger partial charge in [-0.05, 0) is 37.3 Å². The van der Waals surface area contributed by atoms with E-state index < -0.39 is 36.2 Å². The van der Waals surface area contributed by atoms with Gasteiger partial charge in [0.05, 0.1) is 12.3 Å². The monoisotopic (exact) mass is 450 g/mol. The third kappa shape index (κ3) is 6.64. The van der Waals surface area contributed by atoms with Crippen molar-refractivity contribution in [3.63, 3.8) is 0 Å². The molecule has 0 aliphatic carbocycles. The third-order valence-electron chi connectivity index (χ3n) is 4.51. The van der Waals surface area contributed by atoms with Gasteiger partial charge in [-0.15, -0.1) is 0 Å². The Hall–Kier alpha value is -4.20. The van der Waals surface area contributed by atoms with Gasteiger partial charge in [-0.2, -0.15) is 0 Å². The highest BCUT2D eigenvalue weighted by Gasteiger charge is 2.26. The van der Waals surface area contributed by atoms with Crippen LogP contribution >= 0.6 is 0 Å². The molecule has 1 unspecified atom stereocenters. The minimum Gasteiger partial charge on any atom is -0.492 e.